The summed E-state index contributed by atoms with van der Waals surface area (Å²) >= 11 is 0. The Kier molecular flexibility index (Phi) is 6.17. The van der Waals surface area contributed by atoms with E-state index in [1.54, 1.807) is 7.11 Å². The first-order valence-electron chi connectivity index (χ1n) is 6.77. The van der Waals surface area contributed by atoms with Gasteiger partial charge in [-0.25, -0.2) is 0 Å². The summed E-state index contributed by atoms with van der Waals surface area (Å²) in [4.78, 5) is 22.4. The molecule has 0 aliphatic heterocycles. The van der Waals surface area contributed by atoms with E-state index in [0.717, 1.165) is 11.1 Å². The van der Waals surface area contributed by atoms with Crippen LogP contribution in [0.1, 0.15) is 36.9 Å². The quantitative estimate of drug-likeness (QED) is 0.705. The lowest BCUT2D eigenvalue weighted by Gasteiger charge is -2.20. The molecule has 6 nitrogen and oxygen atoms in total. The second-order valence-electron chi connectivity index (χ2n) is 5.01. The monoisotopic (exact) mass is 294 g/mol. The zero-order chi connectivity index (χ0) is 16.0. The number of nitrogens with two attached hydrogens (primary N) is 1. The number of amides is 1. The molecule has 0 heterocycles. The number of ether oxygens (including phenoxy) is 1. The molecular formula is C15H22N2O4. The third-order valence-electron chi connectivity index (χ3n) is 3.22. The van der Waals surface area contributed by atoms with Crippen LogP contribution in [0.4, 0.5) is 0 Å². The summed E-state index contributed by atoms with van der Waals surface area (Å²) in [5, 5.41) is 11.4. The number of benzene rings is 1. The summed E-state index contributed by atoms with van der Waals surface area (Å²) in [6.45, 7) is 3.79. The van der Waals surface area contributed by atoms with Crippen molar-refractivity contribution >= 4 is 11.9 Å². The number of carbonyl (C=O) groups is 2. The Hall–Kier alpha value is -2.08. The Morgan fingerprint density at radius 3 is 2.67 bits per heavy atom. The lowest BCUT2D eigenvalue weighted by atomic mass is 10.0. The third-order valence-corrected chi connectivity index (χ3v) is 3.22. The smallest absolute Gasteiger partial charge is 0.303 e. The molecule has 0 spiro atoms. The minimum absolute atomic E-state index is 0.110. The zero-order valence-electron chi connectivity index (χ0n) is 12.6. The molecule has 6 heteroatoms. The summed E-state index contributed by atoms with van der Waals surface area (Å²) in [5.74, 6) is -0.647. The van der Waals surface area contributed by atoms with E-state index in [0.29, 0.717) is 5.75 Å². The van der Waals surface area contributed by atoms with E-state index in [1.807, 2.05) is 32.0 Å². The van der Waals surface area contributed by atoms with Crippen LogP contribution in [-0.4, -0.2) is 30.1 Å². The highest BCUT2D eigenvalue weighted by molar-refractivity contribution is 5.82. The normalized spacial score (nSPS) is 13.3. The topological polar surface area (TPSA) is 102 Å². The van der Waals surface area contributed by atoms with Gasteiger partial charge in [-0.05, 0) is 26.3 Å². The van der Waals surface area contributed by atoms with Crippen LogP contribution in [-0.2, 0) is 9.59 Å². The van der Waals surface area contributed by atoms with E-state index in [-0.39, 0.29) is 24.8 Å². The van der Waals surface area contributed by atoms with Gasteiger partial charge in [0.05, 0.1) is 19.2 Å². The number of aliphatic carboxylic acids is 1. The van der Waals surface area contributed by atoms with Crippen LogP contribution in [0.15, 0.2) is 18.2 Å². The minimum atomic E-state index is -0.966. The summed E-state index contributed by atoms with van der Waals surface area (Å²) in [7, 11) is 1.57. The molecule has 0 aliphatic rings. The molecule has 1 aromatic carbocycles. The second kappa shape index (κ2) is 7.64. The van der Waals surface area contributed by atoms with Crippen LogP contribution in [0.5, 0.6) is 5.75 Å². The van der Waals surface area contributed by atoms with Crippen LogP contribution >= 0.6 is 0 Å². The highest BCUT2D eigenvalue weighted by Crippen LogP contribution is 2.26. The summed E-state index contributed by atoms with van der Waals surface area (Å²) in [6.07, 6.45) is -0.0183. The van der Waals surface area contributed by atoms with Gasteiger partial charge < -0.3 is 20.9 Å². The Bertz CT molecular complexity index is 516. The summed E-state index contributed by atoms with van der Waals surface area (Å²) in [6, 6.07) is 4.60. The lowest BCUT2D eigenvalue weighted by Crippen LogP contribution is -2.41. The number of hydrogen-bond donors (Lipinski definition) is 3. The first kappa shape index (κ1) is 17.0. The Balaban J connectivity index is 2.72. The predicted molar refractivity (Wildman–Crippen MR) is 79.1 cm³/mol. The number of rotatable bonds is 7. The van der Waals surface area contributed by atoms with Gasteiger partial charge in [-0.3, -0.25) is 9.59 Å². The SMILES string of the molecule is COc1ccc(C)cc1C(C)NC(=O)C(N)CCC(=O)O. The van der Waals surface area contributed by atoms with E-state index in [1.165, 1.54) is 0 Å². The lowest BCUT2D eigenvalue weighted by molar-refractivity contribution is -0.137. The standard InChI is InChI=1S/C15H22N2O4/c1-9-4-6-13(21-3)11(8-9)10(2)17-15(20)12(16)5-7-14(18)19/h4,6,8,10,12H,5,7,16H2,1-3H3,(H,17,20)(H,18,19). The molecule has 0 fully saturated rings. The molecule has 2 atom stereocenters. The highest BCUT2D eigenvalue weighted by Gasteiger charge is 2.19. The van der Waals surface area contributed by atoms with Crippen molar-refractivity contribution < 1.29 is 19.4 Å². The fraction of sp³-hybridized carbons (Fsp3) is 0.467. The van der Waals surface area contributed by atoms with Crippen molar-refractivity contribution in [3.8, 4) is 5.75 Å². The van der Waals surface area contributed by atoms with Gasteiger partial charge in [0.15, 0.2) is 0 Å². The largest absolute Gasteiger partial charge is 0.496 e. The molecule has 1 rings (SSSR count). The van der Waals surface area contributed by atoms with Gasteiger partial charge in [0.1, 0.15) is 5.75 Å². The van der Waals surface area contributed by atoms with Crippen LogP contribution < -0.4 is 15.8 Å². The summed E-state index contributed by atoms with van der Waals surface area (Å²) < 4.78 is 5.28. The van der Waals surface area contributed by atoms with Crippen LogP contribution in [0.25, 0.3) is 0 Å². The first-order valence-corrected chi connectivity index (χ1v) is 6.77. The van der Waals surface area contributed by atoms with E-state index >= 15 is 0 Å². The maximum Gasteiger partial charge on any atom is 0.303 e. The molecule has 0 aromatic heterocycles. The first-order chi connectivity index (χ1) is 9.85. The van der Waals surface area contributed by atoms with Crippen molar-refractivity contribution in [2.45, 2.75) is 38.8 Å². The molecule has 0 aliphatic carbocycles. The average molecular weight is 294 g/mol. The number of hydrogen-bond acceptors (Lipinski definition) is 4. The Labute approximate surface area is 124 Å². The fourth-order valence-electron chi connectivity index (χ4n) is 2.00. The number of carboxylic acids is 1. The minimum Gasteiger partial charge on any atom is -0.496 e. The molecule has 116 valence electrons. The fourth-order valence-corrected chi connectivity index (χ4v) is 2.00. The van der Waals surface area contributed by atoms with E-state index in [4.69, 9.17) is 15.6 Å². The highest BCUT2D eigenvalue weighted by atomic mass is 16.5. The number of nitrogens with one attached hydrogen (secondary N) is 1. The van der Waals surface area contributed by atoms with Crippen LogP contribution in [0.2, 0.25) is 0 Å². The number of carboxylic acid groups (broad SMARTS) is 1. The Morgan fingerprint density at radius 1 is 1.43 bits per heavy atom. The van der Waals surface area contributed by atoms with Gasteiger partial charge in [-0.15, -0.1) is 0 Å². The molecule has 1 aromatic rings. The molecule has 0 radical (unpaired) electrons. The van der Waals surface area contributed by atoms with Crippen molar-refractivity contribution in [3.63, 3.8) is 0 Å². The van der Waals surface area contributed by atoms with Crippen molar-refractivity contribution in [2.24, 2.45) is 5.73 Å². The van der Waals surface area contributed by atoms with Gasteiger partial charge in [-0.1, -0.05) is 17.7 Å². The van der Waals surface area contributed by atoms with Crippen LogP contribution in [0, 0.1) is 6.92 Å². The molecule has 1 amide bonds. The second-order valence-corrected chi connectivity index (χ2v) is 5.01. The molecule has 0 saturated carbocycles. The van der Waals surface area contributed by atoms with Crippen molar-refractivity contribution in [1.29, 1.82) is 0 Å². The van der Waals surface area contributed by atoms with Crippen LogP contribution in [0.3, 0.4) is 0 Å². The summed E-state index contributed by atoms with van der Waals surface area (Å²) in [5.41, 5.74) is 7.60. The van der Waals surface area contributed by atoms with Crippen molar-refractivity contribution in [2.75, 3.05) is 7.11 Å². The Morgan fingerprint density at radius 2 is 2.10 bits per heavy atom. The van der Waals surface area contributed by atoms with Gasteiger partial charge in [0.25, 0.3) is 0 Å². The number of aryl methyl sites for hydroxylation is 1. The van der Waals surface area contributed by atoms with E-state index in [9.17, 15) is 9.59 Å². The van der Waals surface area contributed by atoms with Crippen molar-refractivity contribution in [3.05, 3.63) is 29.3 Å². The zero-order valence-corrected chi connectivity index (χ0v) is 12.6. The van der Waals surface area contributed by atoms with Gasteiger partial charge in [-0.2, -0.15) is 0 Å². The molecule has 0 saturated heterocycles. The van der Waals surface area contributed by atoms with Gasteiger partial charge in [0, 0.05) is 12.0 Å². The van der Waals surface area contributed by atoms with Gasteiger partial charge in [0.2, 0.25) is 5.91 Å². The predicted octanol–water partition coefficient (Wildman–Crippen LogP) is 1.37. The van der Waals surface area contributed by atoms with E-state index < -0.39 is 12.0 Å². The number of carbonyl (C=O) groups excluding carboxylic acids is 1. The molecular weight excluding hydrogens is 272 g/mol. The maximum absolute atomic E-state index is 12.0. The van der Waals surface area contributed by atoms with Crippen molar-refractivity contribution in [1.82, 2.24) is 5.32 Å². The molecule has 4 N–H and O–H groups in total. The molecule has 21 heavy (non-hydrogen) atoms. The van der Waals surface area contributed by atoms with E-state index in [2.05, 4.69) is 5.32 Å². The third kappa shape index (κ3) is 5.07. The maximum atomic E-state index is 12.0. The molecule has 2 unspecified atom stereocenters. The van der Waals surface area contributed by atoms with Gasteiger partial charge >= 0.3 is 5.97 Å². The number of methoxy groups -OCH3 is 1. The molecule has 0 bridgehead atoms. The average Bonchev–Trinajstić information content (AvgIpc) is 2.44.